The molecule has 1 aliphatic heterocycles. The van der Waals surface area contributed by atoms with Crippen LogP contribution >= 0.6 is 42.4 Å². The highest BCUT2D eigenvalue weighted by Crippen LogP contribution is 2.64. The molecule has 0 saturated carbocycles. The SMILES string of the molecule is CC1COP(=O)(C(OS(=O)(=O)c2ccccc2)C(Cl)(Cl)Cl)O1. The van der Waals surface area contributed by atoms with Gasteiger partial charge in [-0.15, -0.1) is 0 Å². The van der Waals surface area contributed by atoms with Crippen LogP contribution in [0.1, 0.15) is 6.92 Å². The van der Waals surface area contributed by atoms with Gasteiger partial charge in [-0.1, -0.05) is 53.0 Å². The Morgan fingerprint density at radius 2 is 1.91 bits per heavy atom. The molecule has 0 spiro atoms. The third-order valence-corrected chi connectivity index (χ3v) is 7.35. The van der Waals surface area contributed by atoms with Gasteiger partial charge in [-0.3, -0.25) is 4.57 Å². The highest BCUT2D eigenvalue weighted by Gasteiger charge is 2.55. The van der Waals surface area contributed by atoms with Gasteiger partial charge in [0.25, 0.3) is 10.1 Å². The van der Waals surface area contributed by atoms with Gasteiger partial charge in [0, 0.05) is 0 Å². The normalized spacial score (nSPS) is 27.7. The van der Waals surface area contributed by atoms with Crippen LogP contribution in [0.5, 0.6) is 0 Å². The fourth-order valence-corrected chi connectivity index (χ4v) is 6.45. The summed E-state index contributed by atoms with van der Waals surface area (Å²) < 4.78 is 49.7. The lowest BCUT2D eigenvalue weighted by Crippen LogP contribution is -2.31. The molecule has 0 bridgehead atoms. The molecule has 6 nitrogen and oxygen atoms in total. The molecule has 0 N–H and O–H groups in total. The first-order valence-corrected chi connectivity index (χ1v) is 10.2. The van der Waals surface area contributed by atoms with Crippen molar-refractivity contribution in [3.63, 3.8) is 0 Å². The lowest BCUT2D eigenvalue weighted by Gasteiger charge is -2.27. The van der Waals surface area contributed by atoms with E-state index in [-0.39, 0.29) is 11.5 Å². The zero-order valence-electron chi connectivity index (χ0n) is 11.2. The Hall–Kier alpha value is 0.150. The Balaban J connectivity index is 2.35. The van der Waals surface area contributed by atoms with Gasteiger partial charge >= 0.3 is 7.60 Å². The fourth-order valence-electron chi connectivity index (χ4n) is 1.69. The van der Waals surface area contributed by atoms with Crippen LogP contribution in [-0.4, -0.2) is 30.8 Å². The molecule has 2 rings (SSSR count). The summed E-state index contributed by atoms with van der Waals surface area (Å²) in [7, 11) is -8.39. The van der Waals surface area contributed by atoms with Crippen LogP contribution in [0.2, 0.25) is 0 Å². The van der Waals surface area contributed by atoms with Gasteiger partial charge < -0.3 is 9.05 Å². The Morgan fingerprint density at radius 3 is 2.36 bits per heavy atom. The van der Waals surface area contributed by atoms with Crippen LogP contribution in [0.25, 0.3) is 0 Å². The number of hydrogen-bond donors (Lipinski definition) is 0. The Bertz CT molecular complexity index is 675. The second kappa shape index (κ2) is 6.57. The highest BCUT2D eigenvalue weighted by atomic mass is 35.6. The third-order valence-electron chi connectivity index (χ3n) is 2.63. The Morgan fingerprint density at radius 1 is 1.32 bits per heavy atom. The summed E-state index contributed by atoms with van der Waals surface area (Å²) in [5, 5.41) is 0. The van der Waals surface area contributed by atoms with E-state index in [2.05, 4.69) is 0 Å². The van der Waals surface area contributed by atoms with Crippen LogP contribution in [0, 0.1) is 0 Å². The highest BCUT2D eigenvalue weighted by molar-refractivity contribution is 7.87. The zero-order chi connectivity index (χ0) is 16.6. The van der Waals surface area contributed by atoms with Crippen molar-refractivity contribution in [2.24, 2.45) is 0 Å². The van der Waals surface area contributed by atoms with Crippen molar-refractivity contribution in [2.45, 2.75) is 27.6 Å². The Labute approximate surface area is 143 Å². The Kier molecular flexibility index (Phi) is 5.52. The van der Waals surface area contributed by atoms with Crippen LogP contribution < -0.4 is 0 Å². The van der Waals surface area contributed by atoms with Crippen molar-refractivity contribution in [1.29, 1.82) is 0 Å². The molecule has 1 saturated heterocycles. The van der Waals surface area contributed by atoms with Crippen molar-refractivity contribution >= 4 is 52.5 Å². The average molecular weight is 410 g/mol. The monoisotopic (exact) mass is 408 g/mol. The second-order valence-electron chi connectivity index (χ2n) is 4.51. The maximum absolute atomic E-state index is 12.6. The van der Waals surface area contributed by atoms with Gasteiger partial charge in [0.2, 0.25) is 9.64 Å². The molecule has 0 radical (unpaired) electrons. The minimum Gasteiger partial charge on any atom is -0.304 e. The minimum atomic E-state index is -4.32. The van der Waals surface area contributed by atoms with E-state index in [0.717, 1.165) is 0 Å². The molecule has 0 amide bonds. The quantitative estimate of drug-likeness (QED) is 0.428. The molecule has 1 aromatic carbocycles. The predicted molar refractivity (Wildman–Crippen MR) is 82.9 cm³/mol. The smallest absolute Gasteiger partial charge is 0.304 e. The number of halogens is 3. The third kappa shape index (κ3) is 4.16. The van der Waals surface area contributed by atoms with Gasteiger partial charge in [-0.2, -0.15) is 8.42 Å². The largest absolute Gasteiger partial charge is 0.365 e. The molecule has 0 aliphatic carbocycles. The average Bonchev–Trinajstić information content (AvgIpc) is 2.76. The summed E-state index contributed by atoms with van der Waals surface area (Å²) in [5.74, 6) is -1.92. The van der Waals surface area contributed by atoms with E-state index in [1.54, 1.807) is 13.0 Å². The summed E-state index contributed by atoms with van der Waals surface area (Å²) >= 11 is 17.2. The molecule has 1 heterocycles. The van der Waals surface area contributed by atoms with E-state index >= 15 is 0 Å². The molecule has 3 atom stereocenters. The first kappa shape index (κ1) is 18.5. The fraction of sp³-hybridized carbons (Fsp3) is 0.455. The van der Waals surface area contributed by atoms with E-state index in [1.165, 1.54) is 24.3 Å². The van der Waals surface area contributed by atoms with E-state index in [9.17, 15) is 13.0 Å². The molecule has 1 aliphatic rings. The van der Waals surface area contributed by atoms with Crippen LogP contribution in [0.3, 0.4) is 0 Å². The van der Waals surface area contributed by atoms with E-state index < -0.39 is 33.5 Å². The van der Waals surface area contributed by atoms with Crippen molar-refractivity contribution in [3.05, 3.63) is 30.3 Å². The first-order chi connectivity index (χ1) is 10.0. The van der Waals surface area contributed by atoms with Gasteiger partial charge in [0.05, 0.1) is 17.6 Å². The molecule has 124 valence electrons. The van der Waals surface area contributed by atoms with Crippen LogP contribution in [-0.2, 0) is 27.9 Å². The summed E-state index contributed by atoms with van der Waals surface area (Å²) in [5.41, 5.74) is 0. The zero-order valence-corrected chi connectivity index (χ0v) is 15.2. The van der Waals surface area contributed by atoms with E-state index in [0.29, 0.717) is 0 Å². The van der Waals surface area contributed by atoms with E-state index in [1.807, 2.05) is 0 Å². The summed E-state index contributed by atoms with van der Waals surface area (Å²) in [4.78, 5) is -0.173. The van der Waals surface area contributed by atoms with Crippen molar-refractivity contribution < 1.29 is 26.2 Å². The standard InChI is InChI=1S/C11H12Cl3O6PS/c1-8-7-18-21(15,19-8)10(11(12,13)14)20-22(16,17)9-5-3-2-4-6-9/h2-6,8,10H,7H2,1H3. The van der Waals surface area contributed by atoms with Gasteiger partial charge in [0.15, 0.2) is 0 Å². The summed E-state index contributed by atoms with van der Waals surface area (Å²) in [6.45, 7) is 1.56. The molecule has 11 heteroatoms. The maximum Gasteiger partial charge on any atom is 0.365 e. The summed E-state index contributed by atoms with van der Waals surface area (Å²) in [6.07, 6.45) is -0.538. The molecular weight excluding hydrogens is 398 g/mol. The van der Waals surface area contributed by atoms with Crippen molar-refractivity contribution in [3.8, 4) is 0 Å². The summed E-state index contributed by atoms with van der Waals surface area (Å²) in [6, 6.07) is 7.19. The number of alkyl halides is 3. The molecule has 0 aromatic heterocycles. The molecule has 1 fully saturated rings. The topological polar surface area (TPSA) is 78.9 Å². The lowest BCUT2D eigenvalue weighted by molar-refractivity contribution is 0.213. The molecule has 3 unspecified atom stereocenters. The van der Waals surface area contributed by atoms with Crippen LogP contribution in [0.15, 0.2) is 35.2 Å². The van der Waals surface area contributed by atoms with E-state index in [4.69, 9.17) is 48.0 Å². The lowest BCUT2D eigenvalue weighted by atomic mass is 10.4. The number of hydrogen-bond acceptors (Lipinski definition) is 6. The van der Waals surface area contributed by atoms with Gasteiger partial charge in [0.1, 0.15) is 0 Å². The van der Waals surface area contributed by atoms with Crippen LogP contribution in [0.4, 0.5) is 0 Å². The first-order valence-electron chi connectivity index (χ1n) is 6.02. The number of benzene rings is 1. The van der Waals surface area contributed by atoms with Crippen molar-refractivity contribution in [2.75, 3.05) is 6.61 Å². The predicted octanol–water partition coefficient (Wildman–Crippen LogP) is 3.72. The van der Waals surface area contributed by atoms with Crippen molar-refractivity contribution in [1.82, 2.24) is 0 Å². The molecule has 1 aromatic rings. The van der Waals surface area contributed by atoms with Gasteiger partial charge in [-0.25, -0.2) is 4.18 Å². The molecular formula is C11H12Cl3O6PS. The minimum absolute atomic E-state index is 0.0245. The second-order valence-corrected chi connectivity index (χ2v) is 10.5. The number of rotatable bonds is 4. The van der Waals surface area contributed by atoms with Gasteiger partial charge in [-0.05, 0) is 19.1 Å². The maximum atomic E-state index is 12.6. The molecule has 22 heavy (non-hydrogen) atoms.